The molecule has 0 aliphatic carbocycles. The summed E-state index contributed by atoms with van der Waals surface area (Å²) in [6.07, 6.45) is 0. The monoisotopic (exact) mass is 574 g/mol. The molecule has 204 valence electrons. The van der Waals surface area contributed by atoms with Crippen LogP contribution in [0.3, 0.4) is 0 Å². The van der Waals surface area contributed by atoms with E-state index in [1.165, 1.54) is 12.1 Å². The highest BCUT2D eigenvalue weighted by molar-refractivity contribution is 7.92. The number of carbonyl (C=O) groups excluding carboxylic acids is 2. The SMILES string of the molecule is C/C(=N/NC(=O)CN(c1ccc(Cl)cc1C)S(=O)(=O)c1ccccc1)c1ccc(NC(=O)c2ccccc2)cc1. The van der Waals surface area contributed by atoms with Gasteiger partial charge in [0.2, 0.25) is 0 Å². The summed E-state index contributed by atoms with van der Waals surface area (Å²) in [6.45, 7) is 2.93. The Kier molecular flexibility index (Phi) is 8.98. The molecule has 0 radical (unpaired) electrons. The number of nitrogens with one attached hydrogen (secondary N) is 2. The van der Waals surface area contributed by atoms with E-state index in [0.717, 1.165) is 4.31 Å². The Morgan fingerprint density at radius 1 is 0.850 bits per heavy atom. The summed E-state index contributed by atoms with van der Waals surface area (Å²) in [7, 11) is -4.06. The van der Waals surface area contributed by atoms with Crippen molar-refractivity contribution in [1.82, 2.24) is 5.43 Å². The fourth-order valence-electron chi connectivity index (χ4n) is 3.88. The second-order valence-corrected chi connectivity index (χ2v) is 11.2. The summed E-state index contributed by atoms with van der Waals surface area (Å²) in [4.78, 5) is 25.3. The molecule has 10 heteroatoms. The minimum absolute atomic E-state index is 0.0521. The highest BCUT2D eigenvalue weighted by Gasteiger charge is 2.28. The zero-order valence-electron chi connectivity index (χ0n) is 21.8. The average Bonchev–Trinajstić information content (AvgIpc) is 2.96. The van der Waals surface area contributed by atoms with Crippen LogP contribution in [-0.4, -0.2) is 32.5 Å². The van der Waals surface area contributed by atoms with E-state index in [0.29, 0.717) is 38.8 Å². The number of aryl methyl sites for hydroxylation is 1. The number of halogens is 1. The van der Waals surface area contributed by atoms with E-state index >= 15 is 0 Å². The molecule has 0 unspecified atom stereocenters. The number of nitrogens with zero attached hydrogens (tertiary/aromatic N) is 2. The van der Waals surface area contributed by atoms with Crippen LogP contribution >= 0.6 is 11.6 Å². The summed E-state index contributed by atoms with van der Waals surface area (Å²) < 4.78 is 28.1. The van der Waals surface area contributed by atoms with Gasteiger partial charge in [0.15, 0.2) is 0 Å². The summed E-state index contributed by atoms with van der Waals surface area (Å²) in [6, 6.07) is 28.5. The van der Waals surface area contributed by atoms with E-state index in [9.17, 15) is 18.0 Å². The number of carbonyl (C=O) groups is 2. The maximum absolute atomic E-state index is 13.5. The highest BCUT2D eigenvalue weighted by Crippen LogP contribution is 2.28. The first kappa shape index (κ1) is 28.5. The molecule has 4 aromatic carbocycles. The van der Waals surface area contributed by atoms with Crippen LogP contribution in [-0.2, 0) is 14.8 Å². The number of benzene rings is 4. The van der Waals surface area contributed by atoms with Crippen LogP contribution in [0.4, 0.5) is 11.4 Å². The van der Waals surface area contributed by atoms with Crippen LogP contribution < -0.4 is 15.0 Å². The van der Waals surface area contributed by atoms with Gasteiger partial charge in [-0.2, -0.15) is 5.10 Å². The molecule has 0 spiro atoms. The molecule has 0 atom stereocenters. The third-order valence-electron chi connectivity index (χ3n) is 5.99. The second-order valence-electron chi connectivity index (χ2n) is 8.89. The Morgan fingerprint density at radius 3 is 2.10 bits per heavy atom. The Balaban J connectivity index is 1.48. The van der Waals surface area contributed by atoms with Crippen LogP contribution in [0.1, 0.15) is 28.4 Å². The summed E-state index contributed by atoms with van der Waals surface area (Å²) in [5, 5.41) is 7.44. The normalized spacial score (nSPS) is 11.5. The summed E-state index contributed by atoms with van der Waals surface area (Å²) in [5.41, 5.74) is 5.73. The van der Waals surface area contributed by atoms with E-state index in [2.05, 4.69) is 15.8 Å². The van der Waals surface area contributed by atoms with Crippen LogP contribution in [0.2, 0.25) is 5.02 Å². The largest absolute Gasteiger partial charge is 0.322 e. The van der Waals surface area contributed by atoms with Gasteiger partial charge in [0.25, 0.3) is 21.8 Å². The number of anilines is 2. The minimum Gasteiger partial charge on any atom is -0.322 e. The van der Waals surface area contributed by atoms with Gasteiger partial charge in [0, 0.05) is 16.3 Å². The molecule has 0 aromatic heterocycles. The van der Waals surface area contributed by atoms with Crippen LogP contribution in [0, 0.1) is 6.92 Å². The third kappa shape index (κ3) is 6.93. The highest BCUT2D eigenvalue weighted by atomic mass is 35.5. The molecule has 4 rings (SSSR count). The Labute approximate surface area is 238 Å². The number of rotatable bonds is 9. The molecular weight excluding hydrogens is 548 g/mol. The molecule has 0 fully saturated rings. The van der Waals surface area contributed by atoms with Crippen LogP contribution in [0.25, 0.3) is 0 Å². The fourth-order valence-corrected chi connectivity index (χ4v) is 5.62. The third-order valence-corrected chi connectivity index (χ3v) is 8.00. The molecule has 8 nitrogen and oxygen atoms in total. The molecule has 2 amide bonds. The van der Waals surface area contributed by atoms with Crippen molar-refractivity contribution in [1.29, 1.82) is 0 Å². The molecular formula is C30H27ClN4O4S. The summed E-state index contributed by atoms with van der Waals surface area (Å²) >= 11 is 6.08. The lowest BCUT2D eigenvalue weighted by atomic mass is 10.1. The summed E-state index contributed by atoms with van der Waals surface area (Å²) in [5.74, 6) is -0.850. The molecule has 4 aromatic rings. The topological polar surface area (TPSA) is 108 Å². The zero-order valence-corrected chi connectivity index (χ0v) is 23.4. The molecule has 2 N–H and O–H groups in total. The van der Waals surface area contributed by atoms with Gasteiger partial charge in [-0.25, -0.2) is 13.8 Å². The van der Waals surface area contributed by atoms with E-state index in [1.54, 1.807) is 98.8 Å². The average molecular weight is 575 g/mol. The smallest absolute Gasteiger partial charge is 0.264 e. The van der Waals surface area contributed by atoms with Gasteiger partial charge < -0.3 is 5.32 Å². The predicted octanol–water partition coefficient (Wildman–Crippen LogP) is 5.64. The Hall–Kier alpha value is -4.47. The molecule has 40 heavy (non-hydrogen) atoms. The number of hydrazone groups is 1. The molecule has 0 heterocycles. The minimum atomic E-state index is -4.06. The van der Waals surface area contributed by atoms with Crippen molar-refractivity contribution in [2.45, 2.75) is 18.7 Å². The van der Waals surface area contributed by atoms with Crippen molar-refractivity contribution in [3.63, 3.8) is 0 Å². The predicted molar refractivity (Wildman–Crippen MR) is 158 cm³/mol. The lowest BCUT2D eigenvalue weighted by Gasteiger charge is -2.25. The number of sulfonamides is 1. The quantitative estimate of drug-likeness (QED) is 0.199. The fraction of sp³-hybridized carbons (Fsp3) is 0.100. The van der Waals surface area contributed by atoms with E-state index in [4.69, 9.17) is 11.6 Å². The van der Waals surface area contributed by atoms with E-state index < -0.39 is 22.5 Å². The molecule has 0 aliphatic heterocycles. The van der Waals surface area contributed by atoms with Crippen molar-refractivity contribution in [2.75, 3.05) is 16.2 Å². The Bertz CT molecular complexity index is 1640. The number of hydrogen-bond donors (Lipinski definition) is 2. The number of amides is 2. The number of hydrogen-bond acceptors (Lipinski definition) is 5. The second kappa shape index (κ2) is 12.6. The van der Waals surface area contributed by atoms with Crippen molar-refractivity contribution in [3.8, 4) is 0 Å². The van der Waals surface area contributed by atoms with Crippen molar-refractivity contribution >= 4 is 50.5 Å². The van der Waals surface area contributed by atoms with Crippen LogP contribution in [0.5, 0.6) is 0 Å². The molecule has 0 aliphatic rings. The maximum Gasteiger partial charge on any atom is 0.264 e. The molecule has 0 saturated carbocycles. The van der Waals surface area contributed by atoms with Gasteiger partial charge in [0.1, 0.15) is 6.54 Å². The van der Waals surface area contributed by atoms with Crippen molar-refractivity contribution in [3.05, 3.63) is 125 Å². The van der Waals surface area contributed by atoms with Crippen molar-refractivity contribution in [2.24, 2.45) is 5.10 Å². The van der Waals surface area contributed by atoms with Gasteiger partial charge >= 0.3 is 0 Å². The van der Waals surface area contributed by atoms with Gasteiger partial charge in [-0.1, -0.05) is 60.1 Å². The molecule has 0 bridgehead atoms. The lowest BCUT2D eigenvalue weighted by Crippen LogP contribution is -2.40. The molecule has 0 saturated heterocycles. The van der Waals surface area contributed by atoms with Crippen molar-refractivity contribution < 1.29 is 18.0 Å². The Morgan fingerprint density at radius 2 is 1.48 bits per heavy atom. The van der Waals surface area contributed by atoms with Gasteiger partial charge in [0.05, 0.1) is 16.3 Å². The zero-order chi connectivity index (χ0) is 28.7. The first-order valence-corrected chi connectivity index (χ1v) is 14.1. The lowest BCUT2D eigenvalue weighted by molar-refractivity contribution is -0.119. The van der Waals surface area contributed by atoms with E-state index in [1.807, 2.05) is 6.07 Å². The van der Waals surface area contributed by atoms with E-state index in [-0.39, 0.29) is 10.8 Å². The maximum atomic E-state index is 13.5. The standard InChI is InChI=1S/C30H27ClN4O4S/c1-21-19-25(31)15-18-28(21)35(40(38,39)27-11-7-4-8-12-27)20-29(36)34-33-22(2)23-13-16-26(17-14-23)32-30(37)24-9-5-3-6-10-24/h3-19H,20H2,1-2H3,(H,32,37)(H,34,36)/b33-22-. The van der Waals surface area contributed by atoms with Gasteiger partial charge in [-0.3, -0.25) is 13.9 Å². The first-order valence-electron chi connectivity index (χ1n) is 12.3. The first-order chi connectivity index (χ1) is 19.1. The van der Waals surface area contributed by atoms with Crippen LogP contribution in [0.15, 0.2) is 113 Å². The van der Waals surface area contributed by atoms with Gasteiger partial charge in [-0.05, 0) is 79.6 Å². The van der Waals surface area contributed by atoms with Gasteiger partial charge in [-0.15, -0.1) is 0 Å².